The van der Waals surface area contributed by atoms with Crippen molar-refractivity contribution in [2.45, 2.75) is 25.5 Å². The van der Waals surface area contributed by atoms with Crippen LogP contribution in [0.15, 0.2) is 65.8 Å². The van der Waals surface area contributed by atoms with Gasteiger partial charge in [-0.15, -0.1) is 0 Å². The van der Waals surface area contributed by atoms with Crippen LogP contribution in [0.2, 0.25) is 0 Å². The Morgan fingerprint density at radius 3 is 2.88 bits per heavy atom. The number of carbonyl (C=O) groups is 1. The second kappa shape index (κ2) is 11.7. The topological polar surface area (TPSA) is 109 Å². The molecule has 12 heteroatoms. The van der Waals surface area contributed by atoms with Crippen LogP contribution in [0.5, 0.6) is 5.75 Å². The largest absolute Gasteiger partial charge is 0.433 e. The minimum absolute atomic E-state index is 0.113. The lowest BCUT2D eigenvalue weighted by Gasteiger charge is -2.31. The lowest BCUT2D eigenvalue weighted by Crippen LogP contribution is -2.38. The number of carbonyl (C=O) groups excluding carboxylic acids is 1. The maximum atomic E-state index is 13.6. The van der Waals surface area contributed by atoms with Gasteiger partial charge in [-0.2, -0.15) is 8.78 Å². The second-order valence-electron chi connectivity index (χ2n) is 9.61. The first-order valence-electron chi connectivity index (χ1n) is 12.7. The predicted molar refractivity (Wildman–Crippen MR) is 149 cm³/mol. The number of ether oxygens (including phenoxy) is 1. The molecule has 1 atom stereocenters. The van der Waals surface area contributed by atoms with Crippen LogP contribution in [0, 0.1) is 0 Å². The van der Waals surface area contributed by atoms with Crippen LogP contribution < -0.4 is 20.3 Å². The van der Waals surface area contributed by atoms with Gasteiger partial charge in [0.15, 0.2) is 11.3 Å². The highest BCUT2D eigenvalue weighted by Crippen LogP contribution is 2.41. The number of benzene rings is 2. The number of hydrogen-bond acceptors (Lipinski definition) is 9. The van der Waals surface area contributed by atoms with Crippen molar-refractivity contribution in [1.82, 2.24) is 20.0 Å². The van der Waals surface area contributed by atoms with E-state index in [0.717, 1.165) is 30.8 Å². The Bertz CT molecular complexity index is 1530. The van der Waals surface area contributed by atoms with Gasteiger partial charge in [0.25, 0.3) is 0 Å². The summed E-state index contributed by atoms with van der Waals surface area (Å²) < 4.78 is 37.4. The third kappa shape index (κ3) is 5.86. The molecule has 5 rings (SSSR count). The Balaban J connectivity index is 1.55. The number of halogens is 2. The minimum atomic E-state index is -3.08. The van der Waals surface area contributed by atoms with Crippen LogP contribution in [0.4, 0.5) is 31.8 Å². The Morgan fingerprint density at radius 1 is 1.27 bits per heavy atom. The van der Waals surface area contributed by atoms with Gasteiger partial charge in [0.1, 0.15) is 5.69 Å². The molecule has 3 heterocycles. The number of hydrogen-bond donors (Lipinski definition) is 2. The molecular formula is C28H29F2N7O3. The molecule has 0 radical (unpaired) electrons. The summed E-state index contributed by atoms with van der Waals surface area (Å²) in [5, 5.41) is 10.7. The van der Waals surface area contributed by atoms with E-state index in [0.29, 0.717) is 34.9 Å². The third-order valence-electron chi connectivity index (χ3n) is 6.54. The molecule has 0 saturated carbocycles. The van der Waals surface area contributed by atoms with E-state index in [1.165, 1.54) is 12.3 Å². The van der Waals surface area contributed by atoms with Crippen LogP contribution in [0.1, 0.15) is 12.8 Å². The maximum absolute atomic E-state index is 13.6. The van der Waals surface area contributed by atoms with Crippen molar-refractivity contribution in [3.63, 3.8) is 0 Å². The van der Waals surface area contributed by atoms with Crippen molar-refractivity contribution >= 4 is 39.9 Å². The maximum Gasteiger partial charge on any atom is 0.387 e. The smallest absolute Gasteiger partial charge is 0.387 e. The molecule has 1 amide bonds. The molecule has 1 fully saturated rings. The molecule has 4 aromatic rings. The summed E-state index contributed by atoms with van der Waals surface area (Å²) in [7, 11) is 3.95. The quantitative estimate of drug-likeness (QED) is 0.255. The summed E-state index contributed by atoms with van der Waals surface area (Å²) in [6, 6.07) is 12.2. The molecule has 1 saturated heterocycles. The van der Waals surface area contributed by atoms with E-state index in [9.17, 15) is 13.6 Å². The molecule has 2 aromatic heterocycles. The highest BCUT2D eigenvalue weighted by atomic mass is 19.3. The standard InChI is InChI=1S/C28H29F2N7O3/c1-4-25(38)32-20-14-21(24(39-27(29)30)15-22(20)37-13-7-8-17(37)16-36(2)3)34-28-31-12-11-19(33-28)26-18-9-5-6-10-23(18)40-35-26/h4-6,9-12,14-15,17,27H,1,7-8,13,16H2,2-3H3,(H,32,38)(H,31,33,34). The van der Waals surface area contributed by atoms with Crippen molar-refractivity contribution in [2.24, 2.45) is 0 Å². The summed E-state index contributed by atoms with van der Waals surface area (Å²) in [5.74, 6) is -0.434. The van der Waals surface area contributed by atoms with Gasteiger partial charge in [-0.05, 0) is 57.3 Å². The van der Waals surface area contributed by atoms with E-state index in [-0.39, 0.29) is 23.4 Å². The lowest BCUT2D eigenvalue weighted by molar-refractivity contribution is -0.111. The first-order chi connectivity index (χ1) is 19.3. The summed E-state index contributed by atoms with van der Waals surface area (Å²) in [6.45, 7) is 1.92. The van der Waals surface area contributed by atoms with Gasteiger partial charge in [-0.1, -0.05) is 23.9 Å². The summed E-state index contributed by atoms with van der Waals surface area (Å²) in [5.41, 5.74) is 2.72. The molecule has 0 bridgehead atoms. The Morgan fingerprint density at radius 2 is 2.10 bits per heavy atom. The van der Waals surface area contributed by atoms with Gasteiger partial charge in [0.2, 0.25) is 11.9 Å². The molecular weight excluding hydrogens is 520 g/mol. The van der Waals surface area contributed by atoms with E-state index in [2.05, 4.69) is 42.1 Å². The average Bonchev–Trinajstić information content (AvgIpc) is 3.56. The predicted octanol–water partition coefficient (Wildman–Crippen LogP) is 5.28. The van der Waals surface area contributed by atoms with Crippen molar-refractivity contribution in [2.75, 3.05) is 42.7 Å². The number of amides is 1. The van der Waals surface area contributed by atoms with Crippen molar-refractivity contribution in [3.8, 4) is 17.1 Å². The minimum Gasteiger partial charge on any atom is -0.433 e. The average molecular weight is 550 g/mol. The van der Waals surface area contributed by atoms with Crippen molar-refractivity contribution < 1.29 is 22.8 Å². The van der Waals surface area contributed by atoms with Gasteiger partial charge < -0.3 is 29.7 Å². The number of aromatic nitrogens is 3. The fourth-order valence-electron chi connectivity index (χ4n) is 4.89. The molecule has 0 spiro atoms. The van der Waals surface area contributed by atoms with Gasteiger partial charge in [0.05, 0.1) is 28.1 Å². The Labute approximate surface area is 229 Å². The van der Waals surface area contributed by atoms with E-state index >= 15 is 0 Å². The monoisotopic (exact) mass is 549 g/mol. The molecule has 2 aromatic carbocycles. The van der Waals surface area contributed by atoms with Gasteiger partial charge >= 0.3 is 6.61 Å². The number of rotatable bonds is 10. The Kier molecular flexibility index (Phi) is 7.87. The van der Waals surface area contributed by atoms with E-state index < -0.39 is 12.5 Å². The fourth-order valence-corrected chi connectivity index (χ4v) is 4.89. The Hall–Kier alpha value is -4.58. The molecule has 1 aliphatic rings. The number of nitrogens with one attached hydrogen (secondary N) is 2. The van der Waals surface area contributed by atoms with Crippen molar-refractivity contribution in [3.05, 3.63) is 61.3 Å². The molecule has 208 valence electrons. The number of nitrogens with zero attached hydrogens (tertiary/aromatic N) is 5. The SMILES string of the molecule is C=CC(=O)Nc1cc(Nc2nccc(-c3noc4ccccc34)n2)c(OC(F)F)cc1N1CCCC1CN(C)C. The van der Waals surface area contributed by atoms with E-state index in [4.69, 9.17) is 9.26 Å². The summed E-state index contributed by atoms with van der Waals surface area (Å²) in [6.07, 6.45) is 4.52. The molecule has 10 nitrogen and oxygen atoms in total. The highest BCUT2D eigenvalue weighted by Gasteiger charge is 2.29. The van der Waals surface area contributed by atoms with Crippen LogP contribution >= 0.6 is 0 Å². The van der Waals surface area contributed by atoms with Crippen LogP contribution in [-0.2, 0) is 4.79 Å². The molecule has 1 aliphatic heterocycles. The lowest BCUT2D eigenvalue weighted by atomic mass is 10.1. The molecule has 40 heavy (non-hydrogen) atoms. The van der Waals surface area contributed by atoms with Crippen LogP contribution in [0.3, 0.4) is 0 Å². The number of para-hydroxylation sites is 1. The zero-order valence-corrected chi connectivity index (χ0v) is 22.1. The van der Waals surface area contributed by atoms with Gasteiger partial charge in [0, 0.05) is 31.4 Å². The molecule has 1 unspecified atom stereocenters. The zero-order chi connectivity index (χ0) is 28.2. The first-order valence-corrected chi connectivity index (χ1v) is 12.7. The molecule has 0 aliphatic carbocycles. The van der Waals surface area contributed by atoms with Crippen molar-refractivity contribution in [1.29, 1.82) is 0 Å². The van der Waals surface area contributed by atoms with Gasteiger partial charge in [-0.3, -0.25) is 4.79 Å². The normalized spacial score (nSPS) is 15.2. The zero-order valence-electron chi connectivity index (χ0n) is 22.1. The first kappa shape index (κ1) is 27.0. The highest BCUT2D eigenvalue weighted by molar-refractivity contribution is 6.02. The van der Waals surface area contributed by atoms with Gasteiger partial charge in [-0.25, -0.2) is 9.97 Å². The number of fused-ring (bicyclic) bond motifs is 1. The second-order valence-corrected chi connectivity index (χ2v) is 9.61. The third-order valence-corrected chi connectivity index (χ3v) is 6.54. The van der Waals surface area contributed by atoms with E-state index in [1.807, 2.05) is 32.3 Å². The van der Waals surface area contributed by atoms with Crippen LogP contribution in [0.25, 0.3) is 22.4 Å². The van der Waals surface area contributed by atoms with Crippen LogP contribution in [-0.4, -0.2) is 65.8 Å². The number of likely N-dealkylation sites (N-methyl/N-ethyl adjacent to an activating group) is 1. The number of anilines is 4. The fraction of sp³-hybridized carbons (Fsp3) is 0.286. The summed E-state index contributed by atoms with van der Waals surface area (Å²) >= 11 is 0. The molecule has 2 N–H and O–H groups in total. The van der Waals surface area contributed by atoms with E-state index in [1.54, 1.807) is 18.2 Å². The summed E-state index contributed by atoms with van der Waals surface area (Å²) in [4.78, 5) is 25.3. The number of alkyl halides is 2.